The molecule has 1 aliphatic rings. The minimum Gasteiger partial charge on any atom is -0.383 e. The van der Waals surface area contributed by atoms with Gasteiger partial charge in [0, 0.05) is 19.1 Å². The molecular formula is C10H17N5O. The van der Waals surface area contributed by atoms with Crippen LogP contribution in [0.2, 0.25) is 0 Å². The van der Waals surface area contributed by atoms with Gasteiger partial charge in [-0.2, -0.15) is 5.10 Å². The average molecular weight is 223 g/mol. The second-order valence-corrected chi connectivity index (χ2v) is 4.35. The van der Waals surface area contributed by atoms with Crippen LogP contribution in [0.5, 0.6) is 0 Å². The molecule has 2 rings (SSSR count). The molecule has 6 nitrogen and oxygen atoms in total. The van der Waals surface area contributed by atoms with Crippen molar-refractivity contribution in [3.05, 3.63) is 11.8 Å². The summed E-state index contributed by atoms with van der Waals surface area (Å²) in [6, 6.07) is 0.442. The molecule has 0 spiro atoms. The molecule has 1 saturated heterocycles. The summed E-state index contributed by atoms with van der Waals surface area (Å²) in [6.07, 6.45) is 2.50. The zero-order chi connectivity index (χ0) is 11.7. The second-order valence-electron chi connectivity index (χ2n) is 4.35. The number of H-pyrrole nitrogens is 1. The van der Waals surface area contributed by atoms with Gasteiger partial charge in [-0.3, -0.25) is 9.89 Å². The molecule has 1 aliphatic heterocycles. The van der Waals surface area contributed by atoms with Gasteiger partial charge in [0.15, 0.2) is 0 Å². The number of nitrogen functional groups attached to an aromatic ring is 1. The number of nitrogens with two attached hydrogens (primary N) is 1. The molecule has 6 heteroatoms. The Labute approximate surface area is 94.4 Å². The van der Waals surface area contributed by atoms with E-state index >= 15 is 0 Å². The molecule has 1 aromatic heterocycles. The summed E-state index contributed by atoms with van der Waals surface area (Å²) in [6.45, 7) is 1.54. The summed E-state index contributed by atoms with van der Waals surface area (Å²) in [4.78, 5) is 16.0. The molecular weight excluding hydrogens is 206 g/mol. The van der Waals surface area contributed by atoms with Gasteiger partial charge in [-0.25, -0.2) is 0 Å². The van der Waals surface area contributed by atoms with Crippen LogP contribution in [0.1, 0.15) is 16.8 Å². The number of hydrogen-bond donors (Lipinski definition) is 2. The van der Waals surface area contributed by atoms with Crippen LogP contribution in [0.3, 0.4) is 0 Å². The number of hydrogen-bond acceptors (Lipinski definition) is 4. The maximum atomic E-state index is 12.1. The number of likely N-dealkylation sites (tertiary alicyclic amines) is 1. The van der Waals surface area contributed by atoms with Gasteiger partial charge in [0.05, 0.1) is 6.20 Å². The minimum absolute atomic E-state index is 0.0319. The summed E-state index contributed by atoms with van der Waals surface area (Å²) in [5.74, 6) is 0.314. The third-order valence-electron chi connectivity index (χ3n) is 3.08. The minimum atomic E-state index is -0.0319. The van der Waals surface area contributed by atoms with E-state index in [1.165, 1.54) is 6.20 Å². The van der Waals surface area contributed by atoms with Crippen LogP contribution in [0.15, 0.2) is 6.20 Å². The number of nitrogens with zero attached hydrogens (tertiary/aromatic N) is 3. The summed E-state index contributed by atoms with van der Waals surface area (Å²) in [5.41, 5.74) is 6.10. The Balaban J connectivity index is 2.05. The molecule has 1 amide bonds. The first-order chi connectivity index (χ1) is 7.59. The van der Waals surface area contributed by atoms with Crippen molar-refractivity contribution in [1.29, 1.82) is 0 Å². The van der Waals surface area contributed by atoms with Crippen LogP contribution < -0.4 is 5.73 Å². The van der Waals surface area contributed by atoms with Gasteiger partial charge in [-0.05, 0) is 20.5 Å². The molecule has 16 heavy (non-hydrogen) atoms. The molecule has 1 atom stereocenters. The first-order valence-corrected chi connectivity index (χ1v) is 5.34. The molecule has 0 radical (unpaired) electrons. The molecule has 2 heterocycles. The van der Waals surface area contributed by atoms with E-state index in [1.54, 1.807) is 0 Å². The summed E-state index contributed by atoms with van der Waals surface area (Å²) >= 11 is 0. The van der Waals surface area contributed by atoms with Gasteiger partial charge in [-0.15, -0.1) is 0 Å². The highest BCUT2D eigenvalue weighted by molar-refractivity contribution is 5.98. The van der Waals surface area contributed by atoms with Crippen molar-refractivity contribution in [2.24, 2.45) is 0 Å². The van der Waals surface area contributed by atoms with Crippen LogP contribution in [-0.2, 0) is 0 Å². The van der Waals surface area contributed by atoms with Crippen molar-refractivity contribution >= 4 is 11.7 Å². The van der Waals surface area contributed by atoms with E-state index in [2.05, 4.69) is 15.1 Å². The van der Waals surface area contributed by atoms with Gasteiger partial charge in [0.1, 0.15) is 11.4 Å². The number of nitrogens with one attached hydrogen (secondary N) is 1. The largest absolute Gasteiger partial charge is 0.383 e. The number of likely N-dealkylation sites (N-methyl/N-ethyl adjacent to an activating group) is 1. The lowest BCUT2D eigenvalue weighted by Gasteiger charge is -2.20. The zero-order valence-electron chi connectivity index (χ0n) is 9.60. The van der Waals surface area contributed by atoms with Crippen LogP contribution >= 0.6 is 0 Å². The first-order valence-electron chi connectivity index (χ1n) is 5.34. The van der Waals surface area contributed by atoms with Gasteiger partial charge < -0.3 is 15.5 Å². The predicted molar refractivity (Wildman–Crippen MR) is 61.0 cm³/mol. The fourth-order valence-corrected chi connectivity index (χ4v) is 1.98. The Morgan fingerprint density at radius 2 is 2.44 bits per heavy atom. The third kappa shape index (κ3) is 1.88. The number of carbonyl (C=O) groups excluding carboxylic acids is 1. The van der Waals surface area contributed by atoms with Crippen LogP contribution in [-0.4, -0.2) is 59.1 Å². The highest BCUT2D eigenvalue weighted by atomic mass is 16.2. The Kier molecular flexibility index (Phi) is 2.82. The Morgan fingerprint density at radius 3 is 2.94 bits per heavy atom. The number of anilines is 1. The number of aromatic nitrogens is 2. The summed E-state index contributed by atoms with van der Waals surface area (Å²) in [7, 11) is 4.07. The normalized spacial score (nSPS) is 20.7. The van der Waals surface area contributed by atoms with Crippen LogP contribution in [0.4, 0.5) is 5.82 Å². The van der Waals surface area contributed by atoms with Gasteiger partial charge in [0.25, 0.3) is 5.91 Å². The summed E-state index contributed by atoms with van der Waals surface area (Å²) < 4.78 is 0. The first kappa shape index (κ1) is 10.9. The quantitative estimate of drug-likeness (QED) is 0.726. The smallest absolute Gasteiger partial charge is 0.259 e. The van der Waals surface area contributed by atoms with E-state index in [0.29, 0.717) is 17.4 Å². The molecule has 1 fully saturated rings. The van der Waals surface area contributed by atoms with Gasteiger partial charge in [-0.1, -0.05) is 0 Å². The monoisotopic (exact) mass is 223 g/mol. The number of rotatable bonds is 2. The highest BCUT2D eigenvalue weighted by Gasteiger charge is 2.29. The molecule has 3 N–H and O–H groups in total. The maximum absolute atomic E-state index is 12.1. The van der Waals surface area contributed by atoms with E-state index in [1.807, 2.05) is 19.0 Å². The van der Waals surface area contributed by atoms with Crippen molar-refractivity contribution in [2.75, 3.05) is 32.9 Å². The van der Waals surface area contributed by atoms with Gasteiger partial charge in [0.2, 0.25) is 0 Å². The van der Waals surface area contributed by atoms with E-state index in [9.17, 15) is 4.79 Å². The molecule has 0 aliphatic carbocycles. The topological polar surface area (TPSA) is 78.2 Å². The highest BCUT2D eigenvalue weighted by Crippen LogP contribution is 2.18. The zero-order valence-corrected chi connectivity index (χ0v) is 9.60. The number of amides is 1. The van der Waals surface area contributed by atoms with E-state index in [0.717, 1.165) is 19.5 Å². The van der Waals surface area contributed by atoms with Crippen molar-refractivity contribution in [1.82, 2.24) is 20.0 Å². The second kappa shape index (κ2) is 4.13. The van der Waals surface area contributed by atoms with E-state index in [4.69, 9.17) is 5.73 Å². The molecule has 1 aromatic rings. The van der Waals surface area contributed by atoms with Crippen molar-refractivity contribution in [3.63, 3.8) is 0 Å². The lowest BCUT2D eigenvalue weighted by molar-refractivity contribution is 0.0784. The number of aromatic amines is 1. The molecule has 88 valence electrons. The Hall–Kier alpha value is -1.56. The Morgan fingerprint density at radius 1 is 1.69 bits per heavy atom. The standard InChI is InChI=1S/C10H17N5O/c1-14(2)7-3-4-15(6-7)10(16)8-5-12-13-9(8)11/h5,7H,3-4,6H2,1-2H3,(H3,11,12,13). The average Bonchev–Trinajstić information content (AvgIpc) is 2.84. The van der Waals surface area contributed by atoms with Gasteiger partial charge >= 0.3 is 0 Å². The molecule has 0 saturated carbocycles. The lowest BCUT2D eigenvalue weighted by Crippen LogP contribution is -2.34. The molecule has 0 bridgehead atoms. The predicted octanol–water partition coefficient (Wildman–Crippen LogP) is -0.232. The van der Waals surface area contributed by atoms with Crippen molar-refractivity contribution < 1.29 is 4.79 Å². The van der Waals surface area contributed by atoms with E-state index in [-0.39, 0.29) is 5.91 Å². The molecule has 1 unspecified atom stereocenters. The van der Waals surface area contributed by atoms with E-state index < -0.39 is 0 Å². The number of carbonyl (C=O) groups is 1. The van der Waals surface area contributed by atoms with Crippen molar-refractivity contribution in [3.8, 4) is 0 Å². The maximum Gasteiger partial charge on any atom is 0.259 e. The SMILES string of the molecule is CN(C)C1CCN(C(=O)c2cn[nH]c2N)C1. The fraction of sp³-hybridized carbons (Fsp3) is 0.600. The fourth-order valence-electron chi connectivity index (χ4n) is 1.98. The van der Waals surface area contributed by atoms with Crippen molar-refractivity contribution in [2.45, 2.75) is 12.5 Å². The Bertz CT molecular complexity index is 386. The third-order valence-corrected chi connectivity index (χ3v) is 3.08. The lowest BCUT2D eigenvalue weighted by atomic mass is 10.2. The summed E-state index contributed by atoms with van der Waals surface area (Å²) in [5, 5.41) is 6.34. The molecule has 0 aromatic carbocycles. The van der Waals surface area contributed by atoms with Crippen LogP contribution in [0, 0.1) is 0 Å². The van der Waals surface area contributed by atoms with Crippen LogP contribution in [0.25, 0.3) is 0 Å².